The highest BCUT2D eigenvalue weighted by Crippen LogP contribution is 2.22. The lowest BCUT2D eigenvalue weighted by atomic mass is 10.1. The molecule has 1 aliphatic heterocycles. The van der Waals surface area contributed by atoms with Gasteiger partial charge in [0.05, 0.1) is 5.69 Å². The molecule has 4 rings (SSSR count). The summed E-state index contributed by atoms with van der Waals surface area (Å²) >= 11 is 0. The minimum Gasteiger partial charge on any atom is -0.351 e. The molecule has 2 amide bonds. The van der Waals surface area contributed by atoms with E-state index in [1.165, 1.54) is 0 Å². The molecule has 1 aliphatic rings. The predicted molar refractivity (Wildman–Crippen MR) is 107 cm³/mol. The lowest BCUT2D eigenvalue weighted by Crippen LogP contribution is -2.39. The summed E-state index contributed by atoms with van der Waals surface area (Å²) in [5.74, 6) is 0. The van der Waals surface area contributed by atoms with Gasteiger partial charge in [-0.3, -0.25) is 4.98 Å². The maximum Gasteiger partial charge on any atom is 0.316 e. The number of benzene rings is 2. The Hall–Kier alpha value is -2.96. The van der Waals surface area contributed by atoms with Crippen molar-refractivity contribution in [1.29, 1.82) is 0 Å². The first-order valence-corrected chi connectivity index (χ1v) is 8.58. The van der Waals surface area contributed by atoms with Gasteiger partial charge >= 0.3 is 6.03 Å². The van der Waals surface area contributed by atoms with Crippen LogP contribution in [0.2, 0.25) is 0 Å². The molecule has 0 atom stereocenters. The summed E-state index contributed by atoms with van der Waals surface area (Å²) in [5.41, 5.74) is 5.81. The molecule has 5 N–H and O–H groups in total. The van der Waals surface area contributed by atoms with Crippen LogP contribution in [0.15, 0.2) is 73.1 Å². The second-order valence-electron chi connectivity index (χ2n) is 5.54. The van der Waals surface area contributed by atoms with Crippen molar-refractivity contribution in [3.05, 3.63) is 73.1 Å². The lowest BCUT2D eigenvalue weighted by molar-refractivity contribution is 0.259. The molecule has 1 fully saturated rings. The standard InChI is InChI=1S/C11H10N2O.C5H5N.C4H10N2/c12-11(14)13-10-7-3-5-8-4-1-2-6-9(8)10;1-2-4-6-5-3-1;1-2-6-4-3-5-1/h1-7H,(H3,12,13,14);1-5H;5-6H,1-4H2. The number of aromatic nitrogens is 1. The summed E-state index contributed by atoms with van der Waals surface area (Å²) in [7, 11) is 0. The first-order chi connectivity index (χ1) is 12.8. The number of nitrogens with one attached hydrogen (secondary N) is 3. The molecule has 2 heterocycles. The molecule has 0 aliphatic carbocycles. The fourth-order valence-corrected chi connectivity index (χ4v) is 2.38. The average Bonchev–Trinajstić information content (AvgIpc) is 2.72. The van der Waals surface area contributed by atoms with Crippen molar-refractivity contribution < 1.29 is 4.79 Å². The van der Waals surface area contributed by atoms with E-state index >= 15 is 0 Å². The fraction of sp³-hybridized carbons (Fsp3) is 0.200. The van der Waals surface area contributed by atoms with Crippen LogP contribution in [-0.4, -0.2) is 37.2 Å². The maximum atomic E-state index is 10.7. The van der Waals surface area contributed by atoms with Gasteiger partial charge in [-0.25, -0.2) is 4.79 Å². The van der Waals surface area contributed by atoms with Crippen molar-refractivity contribution in [2.75, 3.05) is 31.5 Å². The van der Waals surface area contributed by atoms with Gasteiger partial charge in [-0.2, -0.15) is 0 Å². The number of amides is 2. The SMILES string of the molecule is C1CNCCN1.NC(=O)Nc1cccc2ccccc12.c1ccncc1. The van der Waals surface area contributed by atoms with Crippen LogP contribution in [0.4, 0.5) is 10.5 Å². The second-order valence-corrected chi connectivity index (χ2v) is 5.54. The number of pyridine rings is 1. The van der Waals surface area contributed by atoms with E-state index in [1.54, 1.807) is 12.4 Å². The predicted octanol–water partition coefficient (Wildman–Crippen LogP) is 2.59. The van der Waals surface area contributed by atoms with Crippen LogP contribution in [-0.2, 0) is 0 Å². The molecule has 0 radical (unpaired) electrons. The number of hydrogen-bond acceptors (Lipinski definition) is 4. The van der Waals surface area contributed by atoms with Crippen LogP contribution in [0, 0.1) is 0 Å². The summed E-state index contributed by atoms with van der Waals surface area (Å²) in [6, 6.07) is 18.7. The third-order valence-electron chi connectivity index (χ3n) is 3.57. The van der Waals surface area contributed by atoms with Gasteiger partial charge < -0.3 is 21.7 Å². The highest BCUT2D eigenvalue weighted by Gasteiger charge is 2.00. The fourth-order valence-electron chi connectivity index (χ4n) is 2.38. The van der Waals surface area contributed by atoms with E-state index in [-0.39, 0.29) is 0 Å². The number of rotatable bonds is 1. The normalized spacial score (nSPS) is 12.8. The smallest absolute Gasteiger partial charge is 0.316 e. The minimum atomic E-state index is -0.540. The van der Waals surface area contributed by atoms with Gasteiger partial charge in [0.1, 0.15) is 0 Å². The van der Waals surface area contributed by atoms with E-state index in [0.717, 1.165) is 42.6 Å². The van der Waals surface area contributed by atoms with Crippen LogP contribution < -0.4 is 21.7 Å². The topological polar surface area (TPSA) is 92.1 Å². The summed E-state index contributed by atoms with van der Waals surface area (Å²) in [5, 5.41) is 11.1. The van der Waals surface area contributed by atoms with Gasteiger partial charge in [-0.05, 0) is 23.6 Å². The maximum absolute atomic E-state index is 10.7. The number of hydrogen-bond donors (Lipinski definition) is 4. The van der Waals surface area contributed by atoms with Crippen LogP contribution in [0.3, 0.4) is 0 Å². The van der Waals surface area contributed by atoms with Crippen molar-refractivity contribution in [1.82, 2.24) is 15.6 Å². The summed E-state index contributed by atoms with van der Waals surface area (Å²) in [6.07, 6.45) is 3.50. The molecule has 0 bridgehead atoms. The molecule has 26 heavy (non-hydrogen) atoms. The van der Waals surface area contributed by atoms with Crippen LogP contribution in [0.1, 0.15) is 0 Å². The molecular weight excluding hydrogens is 326 g/mol. The molecule has 1 aromatic heterocycles. The van der Waals surface area contributed by atoms with Crippen molar-refractivity contribution >= 4 is 22.5 Å². The van der Waals surface area contributed by atoms with Gasteiger partial charge in [-0.1, -0.05) is 42.5 Å². The summed E-state index contributed by atoms with van der Waals surface area (Å²) < 4.78 is 0. The number of carbonyl (C=O) groups is 1. The zero-order valence-corrected chi connectivity index (χ0v) is 14.7. The summed E-state index contributed by atoms with van der Waals surface area (Å²) in [4.78, 5) is 14.5. The quantitative estimate of drug-likeness (QED) is 0.542. The molecule has 3 aromatic rings. The van der Waals surface area contributed by atoms with E-state index < -0.39 is 6.03 Å². The van der Waals surface area contributed by atoms with Gasteiger partial charge in [0.2, 0.25) is 0 Å². The Balaban J connectivity index is 0.000000166. The molecule has 0 saturated carbocycles. The molecule has 0 spiro atoms. The zero-order chi connectivity index (χ0) is 18.5. The number of urea groups is 1. The molecule has 2 aromatic carbocycles. The zero-order valence-electron chi connectivity index (χ0n) is 14.7. The average molecular weight is 351 g/mol. The number of fused-ring (bicyclic) bond motifs is 1. The lowest BCUT2D eigenvalue weighted by Gasteiger charge is -2.11. The number of carbonyl (C=O) groups excluding carboxylic acids is 1. The molecular formula is C20H25N5O. The Morgan fingerprint density at radius 3 is 1.96 bits per heavy atom. The van der Waals surface area contributed by atoms with Crippen LogP contribution in [0.25, 0.3) is 10.8 Å². The molecule has 1 saturated heterocycles. The van der Waals surface area contributed by atoms with Gasteiger partial charge in [0.25, 0.3) is 0 Å². The van der Waals surface area contributed by atoms with Crippen molar-refractivity contribution in [2.45, 2.75) is 0 Å². The van der Waals surface area contributed by atoms with Gasteiger partial charge in [0.15, 0.2) is 0 Å². The Labute approximate surface area is 153 Å². The third-order valence-corrected chi connectivity index (χ3v) is 3.57. The Kier molecular flexibility index (Phi) is 8.62. The molecule has 6 heteroatoms. The molecule has 0 unspecified atom stereocenters. The number of primary amides is 1. The number of piperazine rings is 1. The van der Waals surface area contributed by atoms with Crippen LogP contribution in [0.5, 0.6) is 0 Å². The van der Waals surface area contributed by atoms with E-state index in [4.69, 9.17) is 5.73 Å². The highest BCUT2D eigenvalue weighted by molar-refractivity contribution is 6.00. The molecule has 136 valence electrons. The van der Waals surface area contributed by atoms with E-state index in [0.29, 0.717) is 0 Å². The monoisotopic (exact) mass is 351 g/mol. The van der Waals surface area contributed by atoms with E-state index in [1.807, 2.05) is 60.7 Å². The highest BCUT2D eigenvalue weighted by atomic mass is 16.2. The Morgan fingerprint density at radius 2 is 1.46 bits per heavy atom. The van der Waals surface area contributed by atoms with Crippen LogP contribution >= 0.6 is 0 Å². The van der Waals surface area contributed by atoms with E-state index in [2.05, 4.69) is 20.9 Å². The van der Waals surface area contributed by atoms with Crippen molar-refractivity contribution in [3.63, 3.8) is 0 Å². The Bertz CT molecular complexity index is 732. The van der Waals surface area contributed by atoms with Gasteiger partial charge in [0, 0.05) is 44.0 Å². The molecule has 6 nitrogen and oxygen atoms in total. The minimum absolute atomic E-state index is 0.540. The van der Waals surface area contributed by atoms with E-state index in [9.17, 15) is 4.79 Å². The third kappa shape index (κ3) is 7.29. The van der Waals surface area contributed by atoms with Crippen molar-refractivity contribution in [3.8, 4) is 0 Å². The number of nitrogens with zero attached hydrogens (tertiary/aromatic N) is 1. The largest absolute Gasteiger partial charge is 0.351 e. The number of anilines is 1. The Morgan fingerprint density at radius 1 is 0.846 bits per heavy atom. The second kappa shape index (κ2) is 11.6. The first-order valence-electron chi connectivity index (χ1n) is 8.58. The summed E-state index contributed by atoms with van der Waals surface area (Å²) in [6.45, 7) is 4.56. The first kappa shape index (κ1) is 19.4. The van der Waals surface area contributed by atoms with Gasteiger partial charge in [-0.15, -0.1) is 0 Å². The van der Waals surface area contributed by atoms with Crippen molar-refractivity contribution in [2.24, 2.45) is 5.73 Å². The number of nitrogens with two attached hydrogens (primary N) is 1.